The second-order valence-electron chi connectivity index (χ2n) is 7.49. The van der Waals surface area contributed by atoms with Crippen LogP contribution in [0.25, 0.3) is 0 Å². The van der Waals surface area contributed by atoms with E-state index in [-0.39, 0.29) is 33.4 Å². The predicted octanol–water partition coefficient (Wildman–Crippen LogP) is 4.25. The van der Waals surface area contributed by atoms with Crippen molar-refractivity contribution in [3.05, 3.63) is 65.5 Å². The summed E-state index contributed by atoms with van der Waals surface area (Å²) >= 11 is 0. The van der Waals surface area contributed by atoms with Crippen LogP contribution in [0.3, 0.4) is 0 Å². The monoisotopic (exact) mass is 403 g/mol. The van der Waals surface area contributed by atoms with Gasteiger partial charge in [-0.25, -0.2) is 12.8 Å². The molecule has 1 fully saturated rings. The molecule has 0 atom stereocenters. The molecule has 0 radical (unpaired) electrons. The Hall–Kier alpha value is -2.21. The van der Waals surface area contributed by atoms with Crippen molar-refractivity contribution in [1.82, 2.24) is 5.32 Å². The van der Waals surface area contributed by atoms with Crippen molar-refractivity contribution < 1.29 is 17.6 Å². The number of carbonyl (C=O) groups is 1. The quantitative estimate of drug-likeness (QED) is 0.752. The van der Waals surface area contributed by atoms with Crippen LogP contribution in [0.2, 0.25) is 0 Å². The molecule has 0 aromatic heterocycles. The lowest BCUT2D eigenvalue weighted by atomic mass is 9.78. The summed E-state index contributed by atoms with van der Waals surface area (Å²) in [5, 5.41) is 2.95. The molecule has 4 nitrogen and oxygen atoms in total. The molecule has 1 aliphatic carbocycles. The maximum Gasteiger partial charge on any atom is 0.252 e. The van der Waals surface area contributed by atoms with Crippen molar-refractivity contribution >= 4 is 15.7 Å². The van der Waals surface area contributed by atoms with Gasteiger partial charge in [-0.05, 0) is 49.1 Å². The van der Waals surface area contributed by atoms with Gasteiger partial charge in [0.05, 0.1) is 16.2 Å². The maximum atomic E-state index is 13.3. The van der Waals surface area contributed by atoms with E-state index in [1.165, 1.54) is 18.2 Å². The SMILES string of the molecule is CCCS(=O)(=O)c1ccccc1C(=O)NCC1(c2ccc(F)cc2)CCCC1. The largest absolute Gasteiger partial charge is 0.351 e. The third-order valence-electron chi connectivity index (χ3n) is 5.54. The second-order valence-corrected chi connectivity index (χ2v) is 9.57. The number of sulfone groups is 1. The van der Waals surface area contributed by atoms with Crippen LogP contribution in [0.15, 0.2) is 53.4 Å². The van der Waals surface area contributed by atoms with Gasteiger partial charge in [-0.1, -0.05) is 44.0 Å². The molecule has 0 aliphatic heterocycles. The Balaban J connectivity index is 1.83. The van der Waals surface area contributed by atoms with Gasteiger partial charge in [-0.3, -0.25) is 4.79 Å². The zero-order valence-corrected chi connectivity index (χ0v) is 16.9. The highest BCUT2D eigenvalue weighted by atomic mass is 32.2. The number of hydrogen-bond donors (Lipinski definition) is 1. The van der Waals surface area contributed by atoms with E-state index in [0.717, 1.165) is 31.2 Å². The standard InChI is InChI=1S/C22H26FNO3S/c1-2-15-28(26,27)20-8-4-3-7-19(20)21(25)24-16-22(13-5-6-14-22)17-9-11-18(23)12-10-17/h3-4,7-12H,2,5-6,13-16H2,1H3,(H,24,25). The molecule has 6 heteroatoms. The van der Waals surface area contributed by atoms with Crippen molar-refractivity contribution in [2.24, 2.45) is 0 Å². The Labute approximate surface area is 166 Å². The van der Waals surface area contributed by atoms with E-state index in [9.17, 15) is 17.6 Å². The number of carbonyl (C=O) groups excluding carboxylic acids is 1. The van der Waals surface area contributed by atoms with Crippen LogP contribution in [0.1, 0.15) is 54.9 Å². The minimum Gasteiger partial charge on any atom is -0.351 e. The van der Waals surface area contributed by atoms with Crippen molar-refractivity contribution in [3.8, 4) is 0 Å². The van der Waals surface area contributed by atoms with E-state index in [4.69, 9.17) is 0 Å². The van der Waals surface area contributed by atoms with Crippen LogP contribution in [0.4, 0.5) is 4.39 Å². The average Bonchev–Trinajstić information content (AvgIpc) is 3.17. The molecule has 2 aromatic rings. The van der Waals surface area contributed by atoms with Crippen molar-refractivity contribution in [1.29, 1.82) is 0 Å². The van der Waals surface area contributed by atoms with Gasteiger partial charge in [0.15, 0.2) is 9.84 Å². The van der Waals surface area contributed by atoms with E-state index in [1.54, 1.807) is 37.3 Å². The summed E-state index contributed by atoms with van der Waals surface area (Å²) in [4.78, 5) is 12.9. The molecule has 0 saturated heterocycles. The maximum absolute atomic E-state index is 13.3. The Morgan fingerprint density at radius 3 is 2.36 bits per heavy atom. The van der Waals surface area contributed by atoms with Crippen LogP contribution in [0.5, 0.6) is 0 Å². The van der Waals surface area contributed by atoms with Gasteiger partial charge in [-0.15, -0.1) is 0 Å². The fourth-order valence-electron chi connectivity index (χ4n) is 4.07. The lowest BCUT2D eigenvalue weighted by Crippen LogP contribution is -2.39. The van der Waals surface area contributed by atoms with E-state index in [1.807, 2.05) is 0 Å². The molecule has 0 unspecified atom stereocenters. The average molecular weight is 404 g/mol. The first-order valence-corrected chi connectivity index (χ1v) is 11.4. The van der Waals surface area contributed by atoms with Gasteiger partial charge in [0.1, 0.15) is 5.82 Å². The van der Waals surface area contributed by atoms with E-state index >= 15 is 0 Å². The minimum atomic E-state index is -3.50. The molecule has 0 bridgehead atoms. The molecule has 1 amide bonds. The van der Waals surface area contributed by atoms with Gasteiger partial charge >= 0.3 is 0 Å². The number of rotatable bonds is 7. The molecular formula is C22H26FNO3S. The Morgan fingerprint density at radius 2 is 1.71 bits per heavy atom. The smallest absolute Gasteiger partial charge is 0.252 e. The molecule has 1 saturated carbocycles. The van der Waals surface area contributed by atoms with Gasteiger partial charge in [0.25, 0.3) is 5.91 Å². The van der Waals surface area contributed by atoms with Crippen LogP contribution in [-0.2, 0) is 15.3 Å². The summed E-state index contributed by atoms with van der Waals surface area (Å²) in [5.41, 5.74) is 0.961. The van der Waals surface area contributed by atoms with Crippen LogP contribution in [0, 0.1) is 5.82 Å². The molecular weight excluding hydrogens is 377 g/mol. The lowest BCUT2D eigenvalue weighted by Gasteiger charge is -2.30. The first-order chi connectivity index (χ1) is 13.4. The van der Waals surface area contributed by atoms with Crippen molar-refractivity contribution in [2.45, 2.75) is 49.3 Å². The number of benzene rings is 2. The van der Waals surface area contributed by atoms with Gasteiger partial charge in [0.2, 0.25) is 0 Å². The molecule has 0 heterocycles. The highest BCUT2D eigenvalue weighted by Gasteiger charge is 2.36. The van der Waals surface area contributed by atoms with Crippen LogP contribution < -0.4 is 5.32 Å². The summed E-state index contributed by atoms with van der Waals surface area (Å²) in [5.74, 6) is -0.656. The fraction of sp³-hybridized carbons (Fsp3) is 0.409. The molecule has 28 heavy (non-hydrogen) atoms. The Bertz CT molecular complexity index is 933. The summed E-state index contributed by atoms with van der Waals surface area (Å²) in [7, 11) is -3.50. The lowest BCUT2D eigenvalue weighted by molar-refractivity contribution is 0.0939. The third kappa shape index (κ3) is 4.27. The van der Waals surface area contributed by atoms with Crippen molar-refractivity contribution in [3.63, 3.8) is 0 Å². The van der Waals surface area contributed by atoms with Crippen molar-refractivity contribution in [2.75, 3.05) is 12.3 Å². The molecule has 1 aliphatic rings. The first-order valence-electron chi connectivity index (χ1n) is 9.74. The molecule has 2 aromatic carbocycles. The highest BCUT2D eigenvalue weighted by molar-refractivity contribution is 7.91. The molecule has 3 rings (SSSR count). The summed E-state index contributed by atoms with van der Waals surface area (Å²) < 4.78 is 38.4. The normalized spacial score (nSPS) is 16.1. The first kappa shape index (κ1) is 20.5. The van der Waals surface area contributed by atoms with E-state index in [2.05, 4.69) is 5.32 Å². The van der Waals surface area contributed by atoms with E-state index in [0.29, 0.717) is 13.0 Å². The number of hydrogen-bond acceptors (Lipinski definition) is 3. The second kappa shape index (κ2) is 8.43. The molecule has 0 spiro atoms. The number of halogens is 1. The fourth-order valence-corrected chi connectivity index (χ4v) is 5.61. The Kier molecular flexibility index (Phi) is 6.18. The summed E-state index contributed by atoms with van der Waals surface area (Å²) in [6.45, 7) is 2.20. The predicted molar refractivity (Wildman–Crippen MR) is 108 cm³/mol. The Morgan fingerprint density at radius 1 is 1.07 bits per heavy atom. The molecule has 1 N–H and O–H groups in total. The van der Waals surface area contributed by atoms with Crippen LogP contribution >= 0.6 is 0 Å². The zero-order chi connectivity index (χ0) is 20.2. The summed E-state index contributed by atoms with van der Waals surface area (Å²) in [6.07, 6.45) is 4.42. The molecule has 150 valence electrons. The number of amides is 1. The zero-order valence-electron chi connectivity index (χ0n) is 16.1. The minimum absolute atomic E-state index is 0.0107. The summed E-state index contributed by atoms with van der Waals surface area (Å²) in [6, 6.07) is 12.8. The highest BCUT2D eigenvalue weighted by Crippen LogP contribution is 2.40. The van der Waals surface area contributed by atoms with Gasteiger partial charge in [-0.2, -0.15) is 0 Å². The van der Waals surface area contributed by atoms with E-state index < -0.39 is 9.84 Å². The van der Waals surface area contributed by atoms with Gasteiger partial charge in [0, 0.05) is 12.0 Å². The van der Waals surface area contributed by atoms with Crippen LogP contribution in [-0.4, -0.2) is 26.6 Å². The topological polar surface area (TPSA) is 63.2 Å². The van der Waals surface area contributed by atoms with Gasteiger partial charge < -0.3 is 5.32 Å². The third-order valence-corrected chi connectivity index (χ3v) is 7.52. The number of nitrogens with one attached hydrogen (secondary N) is 1.